The van der Waals surface area contributed by atoms with Crippen molar-refractivity contribution in [2.75, 3.05) is 0 Å². The van der Waals surface area contributed by atoms with E-state index >= 15 is 0 Å². The summed E-state index contributed by atoms with van der Waals surface area (Å²) in [5.41, 5.74) is 0. The molecule has 36 valence electrons. The van der Waals surface area contributed by atoms with E-state index in [-0.39, 0.29) is 0 Å². The number of rotatable bonds is 0. The first kappa shape index (κ1) is 4.46. The van der Waals surface area contributed by atoms with Crippen molar-refractivity contribution >= 4 is 30.0 Å². The molecule has 1 aliphatic rings. The quantitative estimate of drug-likeness (QED) is 0.321. The van der Waals surface area contributed by atoms with Gasteiger partial charge < -0.3 is 0 Å². The van der Waals surface area contributed by atoms with Crippen LogP contribution in [0.1, 0.15) is 0 Å². The molecular weight excluding hydrogens is 114 g/mol. The summed E-state index contributed by atoms with van der Waals surface area (Å²) in [7, 11) is 0. The molecule has 1 rings (SSSR count). The largest absolute Gasteiger partial charge is 0.422 e. The van der Waals surface area contributed by atoms with E-state index in [2.05, 4.69) is 16.8 Å². The molecule has 3 nitrogen and oxygen atoms in total. The average Bonchev–Trinajstić information content (AvgIpc) is 1.91. The number of hydrogen-bond donors (Lipinski definition) is 0. The minimum atomic E-state index is 0.306. The summed E-state index contributed by atoms with van der Waals surface area (Å²) in [6.07, 6.45) is 1.34. The predicted molar refractivity (Wildman–Crippen MR) is 29.2 cm³/mol. The van der Waals surface area contributed by atoms with E-state index in [4.69, 9.17) is 11.6 Å². The standard InChI is InChI=1S/C3H3ClN3/c1-7-3(4)5-2-6-7/h2H,1H2/q+1. The van der Waals surface area contributed by atoms with Gasteiger partial charge in [0.2, 0.25) is 0 Å². The molecule has 0 aromatic heterocycles. The molecule has 0 N–H and O–H groups in total. The number of hydrazone groups is 1. The Morgan fingerprint density at radius 1 is 1.86 bits per heavy atom. The van der Waals surface area contributed by atoms with Crippen LogP contribution >= 0.6 is 11.6 Å². The fourth-order valence-electron chi connectivity index (χ4n) is 0.250. The average molecular weight is 117 g/mol. The van der Waals surface area contributed by atoms with Crippen LogP contribution in [0.4, 0.5) is 0 Å². The Kier molecular flexibility index (Phi) is 0.906. The topological polar surface area (TPSA) is 27.7 Å². The molecule has 0 saturated carbocycles. The van der Waals surface area contributed by atoms with Crippen molar-refractivity contribution in [3.8, 4) is 0 Å². The molecule has 1 heterocycles. The molecular formula is C3H3ClN3+. The van der Waals surface area contributed by atoms with E-state index in [0.29, 0.717) is 5.29 Å². The lowest BCUT2D eigenvalue weighted by Crippen LogP contribution is -1.99. The van der Waals surface area contributed by atoms with Gasteiger partial charge in [0, 0.05) is 11.6 Å². The maximum absolute atomic E-state index is 5.35. The fraction of sp³-hybridized carbons (Fsp3) is 0. The first-order chi connectivity index (χ1) is 3.30. The third-order valence-corrected chi connectivity index (χ3v) is 0.861. The van der Waals surface area contributed by atoms with Crippen LogP contribution in [-0.4, -0.2) is 23.0 Å². The molecule has 0 aliphatic carbocycles. The van der Waals surface area contributed by atoms with Gasteiger partial charge in [-0.1, -0.05) is 4.68 Å². The molecule has 0 atom stereocenters. The van der Waals surface area contributed by atoms with Crippen molar-refractivity contribution in [2.24, 2.45) is 10.1 Å². The lowest BCUT2D eigenvalue weighted by Gasteiger charge is -1.74. The maximum atomic E-state index is 5.35. The molecule has 0 spiro atoms. The Morgan fingerprint density at radius 3 is 2.71 bits per heavy atom. The Bertz CT molecular complexity index is 158. The lowest BCUT2D eigenvalue weighted by atomic mass is 11.2. The SMILES string of the molecule is C=[N+]1N=CN=C1Cl. The first-order valence-electron chi connectivity index (χ1n) is 1.67. The summed E-state index contributed by atoms with van der Waals surface area (Å²) in [5.74, 6) is 0. The molecule has 0 radical (unpaired) electrons. The molecule has 7 heavy (non-hydrogen) atoms. The van der Waals surface area contributed by atoms with Gasteiger partial charge in [-0.25, -0.2) is 0 Å². The van der Waals surface area contributed by atoms with Gasteiger partial charge in [-0.2, -0.15) is 0 Å². The summed E-state index contributed by atoms with van der Waals surface area (Å²) >= 11 is 5.35. The molecule has 4 heteroatoms. The molecule has 0 saturated heterocycles. The molecule has 0 unspecified atom stereocenters. The lowest BCUT2D eigenvalue weighted by molar-refractivity contribution is -0.392. The van der Waals surface area contributed by atoms with E-state index < -0.39 is 0 Å². The maximum Gasteiger partial charge on any atom is 0.422 e. The Morgan fingerprint density at radius 2 is 2.57 bits per heavy atom. The monoisotopic (exact) mass is 116 g/mol. The van der Waals surface area contributed by atoms with E-state index in [1.165, 1.54) is 11.0 Å². The van der Waals surface area contributed by atoms with Crippen molar-refractivity contribution in [1.82, 2.24) is 0 Å². The van der Waals surface area contributed by atoms with Crippen molar-refractivity contribution in [3.05, 3.63) is 0 Å². The normalized spacial score (nSPS) is 17.9. The fourth-order valence-corrected chi connectivity index (χ4v) is 0.337. The van der Waals surface area contributed by atoms with Crippen LogP contribution < -0.4 is 0 Å². The number of amidine groups is 1. The van der Waals surface area contributed by atoms with Crippen LogP contribution in [0.5, 0.6) is 0 Å². The second-order valence-electron chi connectivity index (χ2n) is 1.03. The van der Waals surface area contributed by atoms with Gasteiger partial charge >= 0.3 is 5.29 Å². The number of nitrogens with zero attached hydrogens (tertiary/aromatic N) is 3. The number of hydrogen-bond acceptors (Lipinski definition) is 2. The highest BCUT2D eigenvalue weighted by Crippen LogP contribution is 1.92. The molecule has 0 fully saturated rings. The molecule has 0 aromatic rings. The van der Waals surface area contributed by atoms with Crippen molar-refractivity contribution < 1.29 is 4.68 Å². The van der Waals surface area contributed by atoms with Gasteiger partial charge in [0.1, 0.15) is 0 Å². The van der Waals surface area contributed by atoms with E-state index in [9.17, 15) is 0 Å². The van der Waals surface area contributed by atoms with Crippen LogP contribution in [0.3, 0.4) is 0 Å². The Hall–Kier alpha value is -0.700. The zero-order valence-corrected chi connectivity index (χ0v) is 4.26. The summed E-state index contributed by atoms with van der Waals surface area (Å²) in [6.45, 7) is 3.39. The second kappa shape index (κ2) is 1.42. The Balaban J connectivity index is 2.89. The highest BCUT2D eigenvalue weighted by atomic mass is 35.5. The van der Waals surface area contributed by atoms with Crippen LogP contribution in [0.2, 0.25) is 0 Å². The van der Waals surface area contributed by atoms with Gasteiger partial charge in [-0.3, -0.25) is 0 Å². The smallest absolute Gasteiger partial charge is 0.0947 e. The van der Waals surface area contributed by atoms with Crippen LogP contribution in [0.15, 0.2) is 10.1 Å². The van der Waals surface area contributed by atoms with Crippen LogP contribution in [0, 0.1) is 0 Å². The van der Waals surface area contributed by atoms with Crippen LogP contribution in [0.25, 0.3) is 0 Å². The zero-order valence-electron chi connectivity index (χ0n) is 3.50. The summed E-state index contributed by atoms with van der Waals surface area (Å²) in [4.78, 5) is 3.57. The van der Waals surface area contributed by atoms with Gasteiger partial charge in [-0.05, 0) is 10.1 Å². The zero-order chi connectivity index (χ0) is 5.28. The van der Waals surface area contributed by atoms with Gasteiger partial charge in [0.05, 0.1) is 6.72 Å². The molecule has 0 bridgehead atoms. The van der Waals surface area contributed by atoms with Gasteiger partial charge in [0.25, 0.3) is 6.34 Å². The second-order valence-corrected chi connectivity index (χ2v) is 1.37. The van der Waals surface area contributed by atoms with Crippen molar-refractivity contribution in [2.45, 2.75) is 0 Å². The third-order valence-electron chi connectivity index (χ3n) is 0.568. The van der Waals surface area contributed by atoms with E-state index in [1.807, 2.05) is 0 Å². The van der Waals surface area contributed by atoms with Crippen molar-refractivity contribution in [3.63, 3.8) is 0 Å². The van der Waals surface area contributed by atoms with Crippen molar-refractivity contribution in [1.29, 1.82) is 0 Å². The molecule has 0 aromatic carbocycles. The highest BCUT2D eigenvalue weighted by molar-refractivity contribution is 6.63. The summed E-state index contributed by atoms with van der Waals surface area (Å²) in [5, 5.41) is 3.88. The molecule has 0 amide bonds. The minimum absolute atomic E-state index is 0.306. The van der Waals surface area contributed by atoms with Crippen LogP contribution in [-0.2, 0) is 0 Å². The minimum Gasteiger partial charge on any atom is -0.0947 e. The number of halogens is 1. The van der Waals surface area contributed by atoms with E-state index in [1.54, 1.807) is 0 Å². The van der Waals surface area contributed by atoms with Gasteiger partial charge in [0.15, 0.2) is 0 Å². The van der Waals surface area contributed by atoms with E-state index in [0.717, 1.165) is 0 Å². The highest BCUT2D eigenvalue weighted by Gasteiger charge is 2.11. The third kappa shape index (κ3) is 0.667. The first-order valence-corrected chi connectivity index (χ1v) is 2.05. The summed E-state index contributed by atoms with van der Waals surface area (Å²) < 4.78 is 1.24. The number of aliphatic imine (C=N–C) groups is 1. The predicted octanol–water partition coefficient (Wildman–Crippen LogP) is 0.251. The Labute approximate surface area is 45.6 Å². The van der Waals surface area contributed by atoms with Gasteiger partial charge in [-0.15, -0.1) is 0 Å². The molecule has 1 aliphatic heterocycles. The summed E-state index contributed by atoms with van der Waals surface area (Å²) in [6, 6.07) is 0.